The number of nitrogens with one attached hydrogen (secondary N) is 2. The average Bonchev–Trinajstić information content (AvgIpc) is 3.06. The monoisotopic (exact) mass is 298 g/mol. The van der Waals surface area contributed by atoms with Crippen LogP contribution in [0.15, 0.2) is 0 Å². The van der Waals surface area contributed by atoms with E-state index in [0.717, 1.165) is 32.1 Å². The number of rotatable bonds is 5. The standard InChI is InChI=1S/C15H26N2O4/c1-11(2)5-8-16-13(18)14(19)17-9-12-10-20-15(21-12)6-3-4-7-15/h11-12H,3-10H2,1-2H3,(H,16,18)(H,17,19)/t12-/m0/s1. The fourth-order valence-electron chi connectivity index (χ4n) is 2.73. The number of carbonyl (C=O) groups excluding carboxylic acids is 2. The summed E-state index contributed by atoms with van der Waals surface area (Å²) in [5.74, 6) is -1.10. The molecule has 1 saturated heterocycles. The van der Waals surface area contributed by atoms with Crippen LogP contribution in [0.1, 0.15) is 46.0 Å². The molecule has 0 aromatic heterocycles. The molecule has 0 radical (unpaired) electrons. The molecule has 1 atom stereocenters. The summed E-state index contributed by atoms with van der Waals surface area (Å²) in [4.78, 5) is 23.3. The summed E-state index contributed by atoms with van der Waals surface area (Å²) in [7, 11) is 0. The smallest absolute Gasteiger partial charge is 0.309 e. The molecule has 2 rings (SSSR count). The highest BCUT2D eigenvalue weighted by Crippen LogP contribution is 2.38. The van der Waals surface area contributed by atoms with Gasteiger partial charge in [0.05, 0.1) is 6.61 Å². The van der Waals surface area contributed by atoms with E-state index in [2.05, 4.69) is 24.5 Å². The molecule has 1 aliphatic carbocycles. The first-order valence-electron chi connectivity index (χ1n) is 7.88. The van der Waals surface area contributed by atoms with Crippen LogP contribution in [-0.2, 0) is 19.1 Å². The molecule has 120 valence electrons. The molecule has 1 spiro atoms. The van der Waals surface area contributed by atoms with Crippen molar-refractivity contribution in [2.24, 2.45) is 5.92 Å². The maximum Gasteiger partial charge on any atom is 0.309 e. The summed E-state index contributed by atoms with van der Waals surface area (Å²) < 4.78 is 11.6. The molecule has 0 aromatic rings. The lowest BCUT2D eigenvalue weighted by molar-refractivity contribution is -0.161. The summed E-state index contributed by atoms with van der Waals surface area (Å²) in [5, 5.41) is 5.23. The fraction of sp³-hybridized carbons (Fsp3) is 0.867. The lowest BCUT2D eigenvalue weighted by Crippen LogP contribution is -2.43. The second kappa shape index (κ2) is 7.22. The van der Waals surface area contributed by atoms with Crippen LogP contribution in [0.25, 0.3) is 0 Å². The van der Waals surface area contributed by atoms with E-state index in [1.54, 1.807) is 0 Å². The minimum Gasteiger partial charge on any atom is -0.348 e. The van der Waals surface area contributed by atoms with E-state index < -0.39 is 17.6 Å². The maximum atomic E-state index is 11.7. The molecule has 21 heavy (non-hydrogen) atoms. The van der Waals surface area contributed by atoms with Crippen LogP contribution in [0, 0.1) is 5.92 Å². The molecule has 0 aromatic carbocycles. The van der Waals surface area contributed by atoms with E-state index in [4.69, 9.17) is 9.47 Å². The fourth-order valence-corrected chi connectivity index (χ4v) is 2.73. The van der Waals surface area contributed by atoms with Gasteiger partial charge in [-0.15, -0.1) is 0 Å². The molecule has 1 heterocycles. The van der Waals surface area contributed by atoms with Crippen LogP contribution in [0.4, 0.5) is 0 Å². The first-order valence-corrected chi connectivity index (χ1v) is 7.88. The molecule has 2 fully saturated rings. The highest BCUT2D eigenvalue weighted by molar-refractivity contribution is 6.35. The largest absolute Gasteiger partial charge is 0.348 e. The highest BCUT2D eigenvalue weighted by atomic mass is 16.7. The van der Waals surface area contributed by atoms with Gasteiger partial charge in [0.2, 0.25) is 0 Å². The summed E-state index contributed by atoms with van der Waals surface area (Å²) >= 11 is 0. The van der Waals surface area contributed by atoms with Crippen molar-refractivity contribution in [3.63, 3.8) is 0 Å². The van der Waals surface area contributed by atoms with Crippen molar-refractivity contribution in [1.29, 1.82) is 0 Å². The van der Waals surface area contributed by atoms with Crippen LogP contribution in [0.3, 0.4) is 0 Å². The SMILES string of the molecule is CC(C)CCNC(=O)C(=O)NC[C@H]1COC2(CCCC2)O1. The summed E-state index contributed by atoms with van der Waals surface area (Å²) in [6.45, 7) is 5.47. The molecular weight excluding hydrogens is 272 g/mol. The van der Waals surface area contributed by atoms with E-state index >= 15 is 0 Å². The predicted octanol–water partition coefficient (Wildman–Crippen LogP) is 0.951. The first kappa shape index (κ1) is 16.2. The summed E-state index contributed by atoms with van der Waals surface area (Å²) in [6.07, 6.45) is 4.80. The average molecular weight is 298 g/mol. The molecule has 0 unspecified atom stereocenters. The van der Waals surface area contributed by atoms with E-state index in [1.165, 1.54) is 0 Å². The van der Waals surface area contributed by atoms with Gasteiger partial charge in [0.25, 0.3) is 0 Å². The third kappa shape index (κ3) is 4.68. The van der Waals surface area contributed by atoms with Crippen molar-refractivity contribution in [3.8, 4) is 0 Å². The van der Waals surface area contributed by atoms with Crippen LogP contribution in [0.5, 0.6) is 0 Å². The Morgan fingerprint density at radius 1 is 1.19 bits per heavy atom. The normalized spacial score (nSPS) is 23.7. The number of ether oxygens (including phenoxy) is 2. The van der Waals surface area contributed by atoms with Crippen LogP contribution in [-0.4, -0.2) is 43.4 Å². The second-order valence-corrected chi connectivity index (χ2v) is 6.32. The molecule has 6 heteroatoms. The van der Waals surface area contributed by atoms with Gasteiger partial charge in [-0.1, -0.05) is 13.8 Å². The van der Waals surface area contributed by atoms with E-state index in [0.29, 0.717) is 25.6 Å². The third-order valence-electron chi connectivity index (χ3n) is 3.98. The Morgan fingerprint density at radius 3 is 2.52 bits per heavy atom. The van der Waals surface area contributed by atoms with Crippen molar-refractivity contribution in [1.82, 2.24) is 10.6 Å². The van der Waals surface area contributed by atoms with E-state index in [1.807, 2.05) is 0 Å². The van der Waals surface area contributed by atoms with Gasteiger partial charge < -0.3 is 20.1 Å². The molecule has 2 amide bonds. The van der Waals surface area contributed by atoms with Gasteiger partial charge in [0.1, 0.15) is 6.10 Å². The van der Waals surface area contributed by atoms with Crippen molar-refractivity contribution in [3.05, 3.63) is 0 Å². The van der Waals surface area contributed by atoms with E-state index in [-0.39, 0.29) is 6.10 Å². The van der Waals surface area contributed by atoms with Gasteiger partial charge in [0, 0.05) is 25.9 Å². The number of carbonyl (C=O) groups is 2. The molecule has 1 saturated carbocycles. The Morgan fingerprint density at radius 2 is 1.86 bits per heavy atom. The Labute approximate surface area is 125 Å². The molecule has 2 N–H and O–H groups in total. The molecule has 6 nitrogen and oxygen atoms in total. The topological polar surface area (TPSA) is 76.7 Å². The van der Waals surface area contributed by atoms with Crippen molar-refractivity contribution in [2.75, 3.05) is 19.7 Å². The number of amides is 2. The van der Waals surface area contributed by atoms with Gasteiger partial charge in [0.15, 0.2) is 5.79 Å². The lowest BCUT2D eigenvalue weighted by Gasteiger charge is -2.21. The van der Waals surface area contributed by atoms with E-state index in [9.17, 15) is 9.59 Å². The number of hydrogen-bond acceptors (Lipinski definition) is 4. The van der Waals surface area contributed by atoms with Gasteiger partial charge in [-0.2, -0.15) is 0 Å². The minimum atomic E-state index is -0.602. The maximum absolute atomic E-state index is 11.7. The first-order chi connectivity index (χ1) is 10.0. The Kier molecular flexibility index (Phi) is 5.58. The Hall–Kier alpha value is -1.14. The molecule has 0 bridgehead atoms. The van der Waals surface area contributed by atoms with Crippen molar-refractivity contribution >= 4 is 11.8 Å². The zero-order chi connectivity index (χ0) is 15.3. The quantitative estimate of drug-likeness (QED) is 0.741. The van der Waals surface area contributed by atoms with Gasteiger partial charge in [-0.05, 0) is 25.2 Å². The van der Waals surface area contributed by atoms with Crippen LogP contribution in [0.2, 0.25) is 0 Å². The lowest BCUT2D eigenvalue weighted by atomic mass is 10.1. The molecule has 2 aliphatic rings. The minimum absolute atomic E-state index is 0.157. The van der Waals surface area contributed by atoms with Gasteiger partial charge >= 0.3 is 11.8 Å². The summed E-state index contributed by atoms with van der Waals surface area (Å²) in [5.41, 5.74) is 0. The predicted molar refractivity (Wildman–Crippen MR) is 77.5 cm³/mol. The number of hydrogen-bond donors (Lipinski definition) is 2. The highest BCUT2D eigenvalue weighted by Gasteiger charge is 2.43. The molecular formula is C15H26N2O4. The third-order valence-corrected chi connectivity index (χ3v) is 3.98. The zero-order valence-electron chi connectivity index (χ0n) is 12.9. The zero-order valence-corrected chi connectivity index (χ0v) is 12.9. The van der Waals surface area contributed by atoms with Gasteiger partial charge in [-0.3, -0.25) is 9.59 Å². The Balaban J connectivity index is 1.64. The molecule has 1 aliphatic heterocycles. The van der Waals surface area contributed by atoms with Crippen molar-refractivity contribution in [2.45, 2.75) is 57.8 Å². The Bertz CT molecular complexity index is 378. The van der Waals surface area contributed by atoms with Crippen molar-refractivity contribution < 1.29 is 19.1 Å². The van der Waals surface area contributed by atoms with Gasteiger partial charge in [-0.25, -0.2) is 0 Å². The summed E-state index contributed by atoms with van der Waals surface area (Å²) in [6, 6.07) is 0. The van der Waals surface area contributed by atoms with Crippen LogP contribution < -0.4 is 10.6 Å². The second-order valence-electron chi connectivity index (χ2n) is 6.32. The van der Waals surface area contributed by atoms with Crippen LogP contribution >= 0.6 is 0 Å².